The van der Waals surface area contributed by atoms with Crippen molar-refractivity contribution >= 4 is 5.91 Å². The molecule has 3 fully saturated rings. The van der Waals surface area contributed by atoms with Crippen molar-refractivity contribution in [2.24, 2.45) is 0 Å². The molecule has 0 radical (unpaired) electrons. The minimum atomic E-state index is -2.33. The van der Waals surface area contributed by atoms with Crippen LogP contribution in [0.2, 0.25) is 0 Å². The number of nitrogens with zero attached hydrogens (tertiary/aromatic N) is 2. The van der Waals surface area contributed by atoms with Crippen LogP contribution in [0, 0.1) is 29.1 Å². The molecule has 7 nitrogen and oxygen atoms in total. The van der Waals surface area contributed by atoms with E-state index in [4.69, 9.17) is 9.47 Å². The van der Waals surface area contributed by atoms with Gasteiger partial charge in [0, 0.05) is 37.7 Å². The average Bonchev–Trinajstić information content (AvgIpc) is 3.88. The van der Waals surface area contributed by atoms with E-state index in [0.717, 1.165) is 41.9 Å². The highest BCUT2D eigenvalue weighted by Gasteiger charge is 2.36. The maximum Gasteiger partial charge on any atom is 0.257 e. The minimum Gasteiger partial charge on any atom is -0.392 e. The Morgan fingerprint density at radius 2 is 1.42 bits per heavy atom. The molecule has 3 aliphatic rings. The van der Waals surface area contributed by atoms with Crippen molar-refractivity contribution in [1.29, 1.82) is 0 Å². The van der Waals surface area contributed by atoms with Crippen LogP contribution in [-0.4, -0.2) is 65.7 Å². The summed E-state index contributed by atoms with van der Waals surface area (Å²) in [5.74, 6) is -12.5. The molecule has 4 aromatic rings. The first-order chi connectivity index (χ1) is 25.7. The van der Waals surface area contributed by atoms with Crippen LogP contribution in [0.15, 0.2) is 72.8 Å². The van der Waals surface area contributed by atoms with Crippen molar-refractivity contribution in [1.82, 2.24) is 15.1 Å². The summed E-state index contributed by atoms with van der Waals surface area (Å²) in [7, 11) is 0. The first-order valence-corrected chi connectivity index (χ1v) is 18.1. The molecule has 0 spiro atoms. The SMILES string of the molecule is O=C(NCc1ccccc1-c1ccc([C@H]2O[C@@H](CN3CCC[C@H]3CN3CCCC3)C[C@@H](c3ccc(CO)cc3)O2)cc1)c1c(F)c(F)c(F)c(F)c1F. The molecule has 3 heterocycles. The summed E-state index contributed by atoms with van der Waals surface area (Å²) < 4.78 is 82.8. The van der Waals surface area contributed by atoms with Gasteiger partial charge in [-0.25, -0.2) is 22.0 Å². The zero-order valence-electron chi connectivity index (χ0n) is 29.2. The average molecular weight is 736 g/mol. The van der Waals surface area contributed by atoms with Crippen molar-refractivity contribution in [3.63, 3.8) is 0 Å². The topological polar surface area (TPSA) is 74.3 Å². The molecule has 0 saturated carbocycles. The first-order valence-electron chi connectivity index (χ1n) is 18.1. The van der Waals surface area contributed by atoms with Gasteiger partial charge in [0.25, 0.3) is 5.91 Å². The lowest BCUT2D eigenvalue weighted by Crippen LogP contribution is -2.45. The number of hydrogen-bond acceptors (Lipinski definition) is 6. The fraction of sp³-hybridized carbons (Fsp3) is 0.390. The van der Waals surface area contributed by atoms with E-state index >= 15 is 0 Å². The number of benzene rings is 4. The van der Waals surface area contributed by atoms with E-state index < -0.39 is 46.8 Å². The van der Waals surface area contributed by atoms with Crippen LogP contribution >= 0.6 is 0 Å². The number of carbonyl (C=O) groups is 1. The molecule has 1 amide bonds. The Morgan fingerprint density at radius 1 is 0.755 bits per heavy atom. The van der Waals surface area contributed by atoms with Gasteiger partial charge in [-0.05, 0) is 73.1 Å². The molecule has 4 atom stereocenters. The molecular formula is C41H42F5N3O4. The van der Waals surface area contributed by atoms with Crippen molar-refractivity contribution < 1.29 is 41.3 Å². The van der Waals surface area contributed by atoms with Crippen LogP contribution < -0.4 is 5.32 Å². The van der Waals surface area contributed by atoms with Gasteiger partial charge in [0.1, 0.15) is 5.56 Å². The number of aliphatic hydroxyl groups is 1. The molecule has 0 bridgehead atoms. The number of nitrogens with one attached hydrogen (secondary N) is 1. The number of aliphatic hydroxyl groups excluding tert-OH is 1. The molecule has 4 aromatic carbocycles. The summed E-state index contributed by atoms with van der Waals surface area (Å²) in [5.41, 5.74) is 3.12. The lowest BCUT2D eigenvalue weighted by atomic mass is 9.97. The zero-order chi connectivity index (χ0) is 37.1. The van der Waals surface area contributed by atoms with Crippen LogP contribution in [0.5, 0.6) is 0 Å². The van der Waals surface area contributed by atoms with E-state index in [2.05, 4.69) is 15.1 Å². The quantitative estimate of drug-likeness (QED) is 0.0941. The summed E-state index contributed by atoms with van der Waals surface area (Å²) in [6, 6.07) is 22.9. The minimum absolute atomic E-state index is 0.0410. The van der Waals surface area contributed by atoms with Crippen LogP contribution in [0.4, 0.5) is 22.0 Å². The van der Waals surface area contributed by atoms with Gasteiger partial charge in [0.2, 0.25) is 5.82 Å². The Kier molecular flexibility index (Phi) is 11.5. The Morgan fingerprint density at radius 3 is 2.11 bits per heavy atom. The number of halogens is 5. The third-order valence-electron chi connectivity index (χ3n) is 10.6. The van der Waals surface area contributed by atoms with E-state index in [1.165, 1.54) is 38.8 Å². The van der Waals surface area contributed by atoms with Crippen LogP contribution in [-0.2, 0) is 22.6 Å². The van der Waals surface area contributed by atoms with Crippen molar-refractivity contribution in [3.8, 4) is 11.1 Å². The third kappa shape index (κ3) is 8.17. The molecular weight excluding hydrogens is 693 g/mol. The van der Waals surface area contributed by atoms with E-state index in [1.807, 2.05) is 48.5 Å². The van der Waals surface area contributed by atoms with Crippen molar-refractivity contribution in [2.75, 3.05) is 32.7 Å². The number of hydrogen-bond donors (Lipinski definition) is 2. The smallest absolute Gasteiger partial charge is 0.257 e. The summed E-state index contributed by atoms with van der Waals surface area (Å²) in [6.45, 7) is 4.97. The summed E-state index contributed by atoms with van der Waals surface area (Å²) in [4.78, 5) is 17.8. The van der Waals surface area contributed by atoms with E-state index in [1.54, 1.807) is 24.3 Å². The van der Waals surface area contributed by atoms with Gasteiger partial charge in [0.05, 0.1) is 18.8 Å². The number of rotatable bonds is 11. The summed E-state index contributed by atoms with van der Waals surface area (Å²) >= 11 is 0. The second-order valence-corrected chi connectivity index (χ2v) is 14.1. The predicted molar refractivity (Wildman–Crippen MR) is 188 cm³/mol. The van der Waals surface area contributed by atoms with Gasteiger partial charge in [-0.3, -0.25) is 9.69 Å². The molecule has 12 heteroatoms. The number of likely N-dealkylation sites (tertiary alicyclic amines) is 2. The molecule has 280 valence electrons. The second-order valence-electron chi connectivity index (χ2n) is 14.1. The van der Waals surface area contributed by atoms with Crippen molar-refractivity contribution in [2.45, 2.75) is 69.8 Å². The normalized spacial score (nSPS) is 22.4. The molecule has 2 N–H and O–H groups in total. The molecule has 0 aromatic heterocycles. The highest BCUT2D eigenvalue weighted by atomic mass is 19.2. The molecule has 0 aliphatic carbocycles. The molecule has 7 rings (SSSR count). The second kappa shape index (κ2) is 16.4. The van der Waals surface area contributed by atoms with E-state index in [9.17, 15) is 31.9 Å². The monoisotopic (exact) mass is 735 g/mol. The van der Waals surface area contributed by atoms with Gasteiger partial charge >= 0.3 is 0 Å². The highest BCUT2D eigenvalue weighted by molar-refractivity contribution is 5.95. The Balaban J connectivity index is 1.08. The Bertz CT molecular complexity index is 1880. The predicted octanol–water partition coefficient (Wildman–Crippen LogP) is 7.58. The lowest BCUT2D eigenvalue weighted by Gasteiger charge is -2.39. The fourth-order valence-corrected chi connectivity index (χ4v) is 7.74. The van der Waals surface area contributed by atoms with Gasteiger partial charge in [-0.1, -0.05) is 72.8 Å². The van der Waals surface area contributed by atoms with Crippen molar-refractivity contribution in [3.05, 3.63) is 130 Å². The van der Waals surface area contributed by atoms with E-state index in [0.29, 0.717) is 23.6 Å². The zero-order valence-corrected chi connectivity index (χ0v) is 29.2. The molecule has 0 unspecified atom stereocenters. The maximum absolute atomic E-state index is 14.3. The lowest BCUT2D eigenvalue weighted by molar-refractivity contribution is -0.253. The number of ether oxygens (including phenoxy) is 2. The number of carbonyl (C=O) groups excluding carboxylic acids is 1. The van der Waals surface area contributed by atoms with Gasteiger partial charge in [0.15, 0.2) is 29.6 Å². The van der Waals surface area contributed by atoms with Crippen LogP contribution in [0.25, 0.3) is 11.1 Å². The Hall–Kier alpha value is -4.20. The highest BCUT2D eigenvalue weighted by Crippen LogP contribution is 2.39. The van der Waals surface area contributed by atoms with Gasteiger partial charge in [-0.15, -0.1) is 0 Å². The first kappa shape index (κ1) is 37.1. The van der Waals surface area contributed by atoms with Gasteiger partial charge < -0.3 is 24.8 Å². The summed E-state index contributed by atoms with van der Waals surface area (Å²) in [6.07, 6.45) is 4.59. The molecule has 53 heavy (non-hydrogen) atoms. The molecule has 3 aliphatic heterocycles. The standard InChI is InChI=1S/C41H42F5N3O4/c42-35-34(36(43)38(45)39(46)37(35)44)40(51)47-21-29-6-1-2-8-32(29)26-13-15-28(16-14-26)41-52-31(20-33(53-41)27-11-9-25(24-50)10-12-27)23-49-19-5-7-30(49)22-48-17-3-4-18-48/h1-2,6,8-16,30-31,33,41,50H,3-5,7,17-24H2,(H,47,51)/t30-,31+,33-,41-/m0/s1. The van der Waals surface area contributed by atoms with E-state index in [-0.39, 0.29) is 25.4 Å². The largest absolute Gasteiger partial charge is 0.392 e. The van der Waals surface area contributed by atoms with Gasteiger partial charge in [-0.2, -0.15) is 0 Å². The third-order valence-corrected chi connectivity index (χ3v) is 10.6. The summed E-state index contributed by atoms with van der Waals surface area (Å²) in [5, 5.41) is 11.9. The van der Waals surface area contributed by atoms with Crippen LogP contribution in [0.1, 0.15) is 77.1 Å². The fourth-order valence-electron chi connectivity index (χ4n) is 7.74. The maximum atomic E-state index is 14.3. The van der Waals surface area contributed by atoms with Crippen LogP contribution in [0.3, 0.4) is 0 Å². The Labute approximate surface area is 305 Å². The molecule has 3 saturated heterocycles. The number of amides is 1.